The summed E-state index contributed by atoms with van der Waals surface area (Å²) in [5, 5.41) is 9.30. The van der Waals surface area contributed by atoms with E-state index in [0.29, 0.717) is 6.07 Å². The van der Waals surface area contributed by atoms with E-state index in [-0.39, 0.29) is 11.4 Å². The Morgan fingerprint density at radius 3 is 1.81 bits per heavy atom. The summed E-state index contributed by atoms with van der Waals surface area (Å²) in [7, 11) is -6.87. The highest BCUT2D eigenvalue weighted by atomic mass is 32.2. The standard InChI is InChI=1S/C16H10F9N3O3S/c17-13(18,15(21,22)23)14(19,20)16(24,25)32(30,31)28-12-4-2-1-3-11(12)27-26-9-5-7-10(29)8-6-9/h1-8,28-29H. The highest BCUT2D eigenvalue weighted by molar-refractivity contribution is 7.93. The van der Waals surface area contributed by atoms with E-state index in [4.69, 9.17) is 5.11 Å². The maximum Gasteiger partial charge on any atom is 0.460 e. The lowest BCUT2D eigenvalue weighted by molar-refractivity contribution is -0.382. The number of nitrogens with zero attached hydrogens (tertiary/aromatic N) is 2. The average Bonchev–Trinajstić information content (AvgIpc) is 2.67. The summed E-state index contributed by atoms with van der Waals surface area (Å²) >= 11 is 0. The first-order valence-electron chi connectivity index (χ1n) is 7.96. The zero-order valence-electron chi connectivity index (χ0n) is 15.1. The quantitative estimate of drug-likeness (QED) is 0.366. The van der Waals surface area contributed by atoms with Crippen molar-refractivity contribution in [2.45, 2.75) is 23.3 Å². The Labute approximate surface area is 173 Å². The molecule has 0 saturated carbocycles. The molecule has 0 aliphatic carbocycles. The summed E-state index contributed by atoms with van der Waals surface area (Å²) in [6, 6.07) is 8.60. The minimum atomic E-state index is -7.38. The number of hydrogen-bond acceptors (Lipinski definition) is 5. The minimum absolute atomic E-state index is 0.0575. The van der Waals surface area contributed by atoms with Crippen LogP contribution in [0.2, 0.25) is 0 Å². The second kappa shape index (κ2) is 8.14. The smallest absolute Gasteiger partial charge is 0.460 e. The molecule has 0 saturated heterocycles. The predicted octanol–water partition coefficient (Wildman–Crippen LogP) is 5.98. The second-order valence-electron chi connectivity index (χ2n) is 6.00. The Hall–Kier alpha value is -3.04. The van der Waals surface area contributed by atoms with Gasteiger partial charge in [0.2, 0.25) is 0 Å². The van der Waals surface area contributed by atoms with Crippen molar-refractivity contribution < 1.29 is 53.0 Å². The fraction of sp³-hybridized carbons (Fsp3) is 0.250. The van der Waals surface area contributed by atoms with Crippen LogP contribution in [0.15, 0.2) is 58.8 Å². The van der Waals surface area contributed by atoms with E-state index in [0.717, 1.165) is 16.9 Å². The molecule has 0 fully saturated rings. The summed E-state index contributed by atoms with van der Waals surface area (Å²) in [6.45, 7) is 0. The third kappa shape index (κ3) is 4.44. The number of para-hydroxylation sites is 1. The molecule has 176 valence electrons. The number of rotatable bonds is 7. The molecular weight excluding hydrogens is 485 g/mol. The number of phenols is 1. The van der Waals surface area contributed by atoms with E-state index < -0.39 is 44.7 Å². The summed E-state index contributed by atoms with van der Waals surface area (Å²) in [4.78, 5) is 0. The summed E-state index contributed by atoms with van der Waals surface area (Å²) < 4.78 is 142. The molecule has 0 aliphatic rings. The number of phenolic OH excluding ortho intramolecular Hbond substituents is 1. The lowest BCUT2D eigenvalue weighted by Crippen LogP contribution is -2.64. The zero-order valence-corrected chi connectivity index (χ0v) is 15.9. The molecule has 2 aromatic rings. The van der Waals surface area contributed by atoms with Gasteiger partial charge in [-0.3, -0.25) is 4.72 Å². The second-order valence-corrected chi connectivity index (χ2v) is 7.73. The molecule has 6 nitrogen and oxygen atoms in total. The number of anilines is 1. The fourth-order valence-electron chi connectivity index (χ4n) is 2.02. The predicted molar refractivity (Wildman–Crippen MR) is 92.2 cm³/mol. The molecule has 16 heteroatoms. The molecule has 0 bridgehead atoms. The van der Waals surface area contributed by atoms with Crippen LogP contribution in [0.25, 0.3) is 0 Å². The third-order valence-electron chi connectivity index (χ3n) is 3.72. The van der Waals surface area contributed by atoms with E-state index in [1.807, 2.05) is 0 Å². The number of sulfonamides is 1. The van der Waals surface area contributed by atoms with E-state index in [1.54, 1.807) is 0 Å². The van der Waals surface area contributed by atoms with Gasteiger partial charge in [-0.15, -0.1) is 5.11 Å². The van der Waals surface area contributed by atoms with Crippen LogP contribution in [0.1, 0.15) is 0 Å². The Balaban J connectivity index is 2.43. The number of azo groups is 1. The molecule has 0 aliphatic heterocycles. The maximum absolute atomic E-state index is 13.9. The Bertz CT molecular complexity index is 1100. The number of benzene rings is 2. The normalized spacial score (nSPS) is 14.0. The van der Waals surface area contributed by atoms with Crippen LogP contribution in [0, 0.1) is 0 Å². The molecule has 2 rings (SSSR count). The highest BCUT2D eigenvalue weighted by Gasteiger charge is 2.85. The third-order valence-corrected chi connectivity index (χ3v) is 5.14. The van der Waals surface area contributed by atoms with Crippen molar-refractivity contribution in [1.29, 1.82) is 0 Å². The van der Waals surface area contributed by atoms with E-state index in [2.05, 4.69) is 10.2 Å². The van der Waals surface area contributed by atoms with Crippen LogP contribution in [0.4, 0.5) is 56.6 Å². The van der Waals surface area contributed by atoms with Gasteiger partial charge in [0, 0.05) is 0 Å². The molecular formula is C16H10F9N3O3S. The Morgan fingerprint density at radius 1 is 0.750 bits per heavy atom. The molecule has 0 aromatic heterocycles. The van der Waals surface area contributed by atoms with Crippen LogP contribution >= 0.6 is 0 Å². The van der Waals surface area contributed by atoms with Gasteiger partial charge in [-0.25, -0.2) is 0 Å². The Morgan fingerprint density at radius 2 is 1.28 bits per heavy atom. The highest BCUT2D eigenvalue weighted by Crippen LogP contribution is 2.55. The van der Waals surface area contributed by atoms with Gasteiger partial charge < -0.3 is 5.11 Å². The summed E-state index contributed by atoms with van der Waals surface area (Å²) in [6.07, 6.45) is -7.17. The minimum Gasteiger partial charge on any atom is -0.508 e. The van der Waals surface area contributed by atoms with Crippen molar-refractivity contribution in [2.75, 3.05) is 4.72 Å². The van der Waals surface area contributed by atoms with Crippen molar-refractivity contribution in [3.05, 3.63) is 48.5 Å². The number of hydrogen-bond donors (Lipinski definition) is 2. The molecule has 2 aromatic carbocycles. The van der Waals surface area contributed by atoms with E-state index in [9.17, 15) is 47.9 Å². The van der Waals surface area contributed by atoms with Crippen LogP contribution < -0.4 is 4.72 Å². The number of aromatic hydroxyl groups is 1. The van der Waals surface area contributed by atoms with Crippen molar-refractivity contribution in [2.24, 2.45) is 10.2 Å². The van der Waals surface area contributed by atoms with Gasteiger partial charge in [0.1, 0.15) is 11.4 Å². The molecule has 0 radical (unpaired) electrons. The van der Waals surface area contributed by atoms with Gasteiger partial charge in [0.05, 0.1) is 11.4 Å². The van der Waals surface area contributed by atoms with Crippen molar-refractivity contribution in [3.8, 4) is 5.75 Å². The molecule has 2 N–H and O–H groups in total. The summed E-state index contributed by atoms with van der Waals surface area (Å²) in [5.74, 6) is -14.9. The maximum atomic E-state index is 13.9. The molecule has 0 amide bonds. The Kier molecular flexibility index (Phi) is 6.42. The van der Waals surface area contributed by atoms with Crippen LogP contribution in [0.5, 0.6) is 5.75 Å². The molecule has 0 spiro atoms. The van der Waals surface area contributed by atoms with Gasteiger partial charge in [0.25, 0.3) is 0 Å². The van der Waals surface area contributed by atoms with Gasteiger partial charge in [0.15, 0.2) is 0 Å². The van der Waals surface area contributed by atoms with Crippen LogP contribution in [0.3, 0.4) is 0 Å². The monoisotopic (exact) mass is 495 g/mol. The topological polar surface area (TPSA) is 91.1 Å². The van der Waals surface area contributed by atoms with Crippen LogP contribution in [-0.4, -0.2) is 36.8 Å². The first-order chi connectivity index (χ1) is 14.4. The van der Waals surface area contributed by atoms with E-state index in [1.165, 1.54) is 30.3 Å². The average molecular weight is 495 g/mol. The van der Waals surface area contributed by atoms with Crippen molar-refractivity contribution in [1.82, 2.24) is 0 Å². The molecule has 32 heavy (non-hydrogen) atoms. The number of alkyl halides is 9. The first-order valence-corrected chi connectivity index (χ1v) is 9.45. The van der Waals surface area contributed by atoms with Crippen molar-refractivity contribution >= 4 is 27.1 Å². The van der Waals surface area contributed by atoms with E-state index >= 15 is 0 Å². The SMILES string of the molecule is O=S(=O)(Nc1ccccc1N=Nc1ccc(O)cc1)C(F)(F)C(F)(F)C(F)(F)C(F)(F)F. The van der Waals surface area contributed by atoms with Crippen LogP contribution in [-0.2, 0) is 10.0 Å². The fourth-order valence-corrected chi connectivity index (χ4v) is 3.07. The lowest BCUT2D eigenvalue weighted by Gasteiger charge is -2.33. The van der Waals surface area contributed by atoms with Gasteiger partial charge in [-0.2, -0.15) is 53.0 Å². The zero-order chi connectivity index (χ0) is 24.6. The largest absolute Gasteiger partial charge is 0.508 e. The lowest BCUT2D eigenvalue weighted by atomic mass is 10.1. The van der Waals surface area contributed by atoms with Gasteiger partial charge in [-0.1, -0.05) is 12.1 Å². The molecule has 0 atom stereocenters. The first kappa shape index (κ1) is 25.2. The van der Waals surface area contributed by atoms with Gasteiger partial charge >= 0.3 is 33.3 Å². The van der Waals surface area contributed by atoms with Crippen molar-refractivity contribution in [3.63, 3.8) is 0 Å². The number of nitrogens with one attached hydrogen (secondary N) is 1. The molecule has 0 heterocycles. The number of halogens is 9. The molecule has 0 unspecified atom stereocenters. The van der Waals surface area contributed by atoms with Gasteiger partial charge in [-0.05, 0) is 36.4 Å². The summed E-state index contributed by atoms with van der Waals surface area (Å²) in [5.41, 5.74) is -1.49.